The number of benzene rings is 2. The second-order valence-electron chi connectivity index (χ2n) is 4.53. The Kier molecular flexibility index (Phi) is 4.46. The van der Waals surface area contributed by atoms with Crippen LogP contribution in [0, 0.1) is 5.82 Å². The molecule has 5 nitrogen and oxygen atoms in total. The van der Waals surface area contributed by atoms with Gasteiger partial charge in [0.25, 0.3) is 10.0 Å². The van der Waals surface area contributed by atoms with Gasteiger partial charge in [0.05, 0.1) is 17.7 Å². The third-order valence-corrected chi connectivity index (χ3v) is 4.36. The largest absolute Gasteiger partial charge is 0.495 e. The van der Waals surface area contributed by atoms with Crippen LogP contribution in [0.3, 0.4) is 0 Å². The molecule has 116 valence electrons. The minimum atomic E-state index is -3.91. The number of rotatable bonds is 5. The number of sulfonamides is 1. The Bertz CT molecular complexity index is 801. The van der Waals surface area contributed by atoms with E-state index in [2.05, 4.69) is 4.72 Å². The number of Topliss-reactive ketones (excluding diaryl/α,β-unsaturated/α-hetero) is 1. The number of ketones is 1. The molecule has 0 bridgehead atoms. The van der Waals surface area contributed by atoms with E-state index in [1.807, 2.05) is 0 Å². The van der Waals surface area contributed by atoms with Crippen molar-refractivity contribution >= 4 is 21.5 Å². The highest BCUT2D eigenvalue weighted by Gasteiger charge is 2.17. The fraction of sp³-hybridized carbons (Fsp3) is 0.133. The van der Waals surface area contributed by atoms with Crippen LogP contribution in [0.5, 0.6) is 5.75 Å². The summed E-state index contributed by atoms with van der Waals surface area (Å²) >= 11 is 0. The first-order valence-electron chi connectivity index (χ1n) is 6.31. The van der Waals surface area contributed by atoms with Gasteiger partial charge < -0.3 is 4.74 Å². The summed E-state index contributed by atoms with van der Waals surface area (Å²) in [7, 11) is -2.53. The van der Waals surface area contributed by atoms with E-state index < -0.39 is 15.8 Å². The zero-order valence-electron chi connectivity index (χ0n) is 12.0. The maximum absolute atomic E-state index is 12.9. The molecule has 0 unspecified atom stereocenters. The summed E-state index contributed by atoms with van der Waals surface area (Å²) in [6.45, 7) is 1.38. The molecule has 2 rings (SSSR count). The maximum atomic E-state index is 12.9. The molecule has 2 aromatic carbocycles. The van der Waals surface area contributed by atoms with Gasteiger partial charge in [-0.15, -0.1) is 0 Å². The minimum Gasteiger partial charge on any atom is -0.495 e. The van der Waals surface area contributed by atoms with Crippen molar-refractivity contribution < 1.29 is 22.3 Å². The van der Waals surface area contributed by atoms with Gasteiger partial charge in [0.15, 0.2) is 5.78 Å². The van der Waals surface area contributed by atoms with E-state index in [1.54, 1.807) is 0 Å². The molecule has 22 heavy (non-hydrogen) atoms. The minimum absolute atomic E-state index is 0.0934. The summed E-state index contributed by atoms with van der Waals surface area (Å²) < 4.78 is 44.9. The van der Waals surface area contributed by atoms with Gasteiger partial charge in [0.1, 0.15) is 11.6 Å². The van der Waals surface area contributed by atoms with E-state index in [-0.39, 0.29) is 22.1 Å². The van der Waals surface area contributed by atoms with E-state index in [4.69, 9.17) is 4.74 Å². The Hall–Kier alpha value is -2.41. The molecule has 0 amide bonds. The third-order valence-electron chi connectivity index (χ3n) is 2.97. The zero-order chi connectivity index (χ0) is 16.3. The van der Waals surface area contributed by atoms with E-state index in [0.717, 1.165) is 24.3 Å². The normalized spacial score (nSPS) is 11.0. The van der Waals surface area contributed by atoms with Crippen molar-refractivity contribution in [1.82, 2.24) is 0 Å². The molecular weight excluding hydrogens is 309 g/mol. The van der Waals surface area contributed by atoms with Crippen LogP contribution >= 0.6 is 0 Å². The van der Waals surface area contributed by atoms with Crippen LogP contribution in [0.25, 0.3) is 0 Å². The Balaban J connectivity index is 2.42. The molecule has 0 radical (unpaired) electrons. The van der Waals surface area contributed by atoms with Crippen molar-refractivity contribution in [3.05, 3.63) is 53.8 Å². The molecule has 0 atom stereocenters. The maximum Gasteiger partial charge on any atom is 0.262 e. The molecule has 0 heterocycles. The van der Waals surface area contributed by atoms with E-state index in [1.165, 1.54) is 32.2 Å². The Morgan fingerprint density at radius 1 is 1.14 bits per heavy atom. The second-order valence-corrected chi connectivity index (χ2v) is 6.21. The monoisotopic (exact) mass is 323 g/mol. The molecule has 1 N–H and O–H groups in total. The highest BCUT2D eigenvalue weighted by molar-refractivity contribution is 7.92. The molecule has 0 aromatic heterocycles. The number of carbonyl (C=O) groups excluding carboxylic acids is 1. The van der Waals surface area contributed by atoms with Crippen LogP contribution < -0.4 is 9.46 Å². The topological polar surface area (TPSA) is 72.5 Å². The lowest BCUT2D eigenvalue weighted by Gasteiger charge is -2.13. The fourth-order valence-electron chi connectivity index (χ4n) is 1.82. The number of hydrogen-bond donors (Lipinski definition) is 1. The van der Waals surface area contributed by atoms with Gasteiger partial charge in [-0.1, -0.05) is 0 Å². The first-order chi connectivity index (χ1) is 10.3. The van der Waals surface area contributed by atoms with Gasteiger partial charge in [0, 0.05) is 5.56 Å². The number of halogens is 1. The average molecular weight is 323 g/mol. The summed E-state index contributed by atoms with van der Waals surface area (Å²) in [6, 6.07) is 8.84. The molecule has 0 aliphatic heterocycles. The fourth-order valence-corrected chi connectivity index (χ4v) is 2.89. The lowest BCUT2D eigenvalue weighted by atomic mass is 10.1. The van der Waals surface area contributed by atoms with Gasteiger partial charge in [0.2, 0.25) is 0 Å². The highest BCUT2D eigenvalue weighted by atomic mass is 32.2. The first kappa shape index (κ1) is 16.0. The predicted molar refractivity (Wildman–Crippen MR) is 80.2 cm³/mol. The zero-order valence-corrected chi connectivity index (χ0v) is 12.8. The summed E-state index contributed by atoms with van der Waals surface area (Å²) in [5.41, 5.74) is 0.483. The van der Waals surface area contributed by atoms with Crippen LogP contribution in [0.15, 0.2) is 47.4 Å². The van der Waals surface area contributed by atoms with E-state index in [0.29, 0.717) is 5.56 Å². The van der Waals surface area contributed by atoms with Gasteiger partial charge in [-0.25, -0.2) is 12.8 Å². The lowest BCUT2D eigenvalue weighted by Crippen LogP contribution is -2.14. The standard InChI is InChI=1S/C15H14FNO4S/c1-10(18)11-3-8-15(21-2)14(9-11)17-22(19,20)13-6-4-12(16)5-7-13/h3-9,17H,1-2H3. The molecule has 7 heteroatoms. The average Bonchev–Trinajstić information content (AvgIpc) is 2.47. The summed E-state index contributed by atoms with van der Waals surface area (Å²) in [4.78, 5) is 11.3. The van der Waals surface area contributed by atoms with Crippen molar-refractivity contribution in [3.8, 4) is 5.75 Å². The third kappa shape index (κ3) is 3.43. The molecule has 0 fully saturated rings. The SMILES string of the molecule is COc1ccc(C(C)=O)cc1NS(=O)(=O)c1ccc(F)cc1. The molecule has 0 aliphatic rings. The summed E-state index contributed by atoms with van der Waals surface area (Å²) in [6.07, 6.45) is 0. The van der Waals surface area contributed by atoms with Crippen LogP contribution in [-0.2, 0) is 10.0 Å². The van der Waals surface area contributed by atoms with Gasteiger partial charge in [-0.2, -0.15) is 0 Å². The van der Waals surface area contributed by atoms with Gasteiger partial charge >= 0.3 is 0 Å². The van der Waals surface area contributed by atoms with Crippen molar-refractivity contribution in [2.24, 2.45) is 0 Å². The molecular formula is C15H14FNO4S. The smallest absolute Gasteiger partial charge is 0.262 e. The molecule has 0 aliphatic carbocycles. The van der Waals surface area contributed by atoms with Crippen LogP contribution in [0.2, 0.25) is 0 Å². The number of carbonyl (C=O) groups is 1. The molecule has 2 aromatic rings. The summed E-state index contributed by atoms with van der Waals surface area (Å²) in [5, 5.41) is 0. The predicted octanol–water partition coefficient (Wildman–Crippen LogP) is 2.84. The summed E-state index contributed by atoms with van der Waals surface area (Å²) in [5.74, 6) is -0.462. The number of hydrogen-bond acceptors (Lipinski definition) is 4. The van der Waals surface area contributed by atoms with Crippen molar-refractivity contribution in [1.29, 1.82) is 0 Å². The van der Waals surface area contributed by atoms with Crippen LogP contribution in [0.1, 0.15) is 17.3 Å². The van der Waals surface area contributed by atoms with Crippen LogP contribution in [-0.4, -0.2) is 21.3 Å². The van der Waals surface area contributed by atoms with Gasteiger partial charge in [-0.3, -0.25) is 9.52 Å². The van der Waals surface area contributed by atoms with E-state index >= 15 is 0 Å². The number of anilines is 1. The van der Waals surface area contributed by atoms with Gasteiger partial charge in [-0.05, 0) is 49.4 Å². The Morgan fingerprint density at radius 2 is 1.77 bits per heavy atom. The van der Waals surface area contributed by atoms with Crippen molar-refractivity contribution in [3.63, 3.8) is 0 Å². The van der Waals surface area contributed by atoms with Crippen molar-refractivity contribution in [2.45, 2.75) is 11.8 Å². The Labute approximate surface area is 127 Å². The number of nitrogens with one attached hydrogen (secondary N) is 1. The second kappa shape index (κ2) is 6.15. The van der Waals surface area contributed by atoms with E-state index in [9.17, 15) is 17.6 Å². The van der Waals surface area contributed by atoms with Crippen molar-refractivity contribution in [2.75, 3.05) is 11.8 Å². The molecule has 0 saturated heterocycles. The Morgan fingerprint density at radius 3 is 2.32 bits per heavy atom. The number of methoxy groups -OCH3 is 1. The lowest BCUT2D eigenvalue weighted by molar-refractivity contribution is 0.101. The number of ether oxygens (including phenoxy) is 1. The molecule has 0 saturated carbocycles. The quantitative estimate of drug-likeness (QED) is 0.859. The van der Waals surface area contributed by atoms with Crippen LogP contribution in [0.4, 0.5) is 10.1 Å². The highest BCUT2D eigenvalue weighted by Crippen LogP contribution is 2.28. The molecule has 0 spiro atoms. The first-order valence-corrected chi connectivity index (χ1v) is 7.79.